The number of allylic oxidation sites excluding steroid dienone is 1. The van der Waals surface area contributed by atoms with E-state index >= 15 is 0 Å². The SMILES string of the molecule is C[C@@H](/C=C/CCn1cc(C(CO)c2ccccc2)nn1)[C@]1(O)C(=O)N(Cc2ccc(N3CCCCC3=O)cc2)c2ccc(Cl)cc21. The minimum atomic E-state index is -1.79. The average molecular weight is 640 g/mol. The Kier molecular flexibility index (Phi) is 9.35. The number of carbonyl (C=O) groups excluding carboxylic acids is 2. The first kappa shape index (κ1) is 31.7. The van der Waals surface area contributed by atoms with E-state index in [1.54, 1.807) is 27.8 Å². The Morgan fingerprint density at radius 3 is 2.57 bits per heavy atom. The lowest BCUT2D eigenvalue weighted by atomic mass is 9.83. The van der Waals surface area contributed by atoms with Crippen LogP contribution in [0.5, 0.6) is 0 Å². The molecule has 2 amide bonds. The lowest BCUT2D eigenvalue weighted by Gasteiger charge is -2.28. The van der Waals surface area contributed by atoms with Gasteiger partial charge in [-0.15, -0.1) is 5.10 Å². The normalized spacial score (nSPS) is 19.6. The number of hydrogen-bond acceptors (Lipinski definition) is 6. The first-order valence-electron chi connectivity index (χ1n) is 15.8. The first-order valence-corrected chi connectivity index (χ1v) is 16.1. The molecule has 0 radical (unpaired) electrons. The van der Waals surface area contributed by atoms with E-state index < -0.39 is 17.4 Å². The summed E-state index contributed by atoms with van der Waals surface area (Å²) in [5, 5.41) is 30.9. The Morgan fingerprint density at radius 2 is 1.83 bits per heavy atom. The van der Waals surface area contributed by atoms with Crippen molar-refractivity contribution in [2.24, 2.45) is 5.92 Å². The third-order valence-electron chi connectivity index (χ3n) is 9.05. The molecule has 3 atom stereocenters. The Labute approximate surface area is 273 Å². The maximum Gasteiger partial charge on any atom is 0.264 e. The van der Waals surface area contributed by atoms with Crippen molar-refractivity contribution in [2.45, 2.75) is 57.2 Å². The second-order valence-electron chi connectivity index (χ2n) is 12.0. The fraction of sp³-hybridized carbons (Fsp3) is 0.333. The Bertz CT molecular complexity index is 1720. The molecule has 1 saturated heterocycles. The van der Waals surface area contributed by atoms with Crippen LogP contribution in [-0.4, -0.2) is 50.2 Å². The number of aliphatic hydroxyl groups excluding tert-OH is 1. The summed E-state index contributed by atoms with van der Waals surface area (Å²) >= 11 is 6.36. The monoisotopic (exact) mass is 639 g/mol. The van der Waals surface area contributed by atoms with Gasteiger partial charge in [0.15, 0.2) is 5.60 Å². The quantitative estimate of drug-likeness (QED) is 0.207. The van der Waals surface area contributed by atoms with E-state index in [-0.39, 0.29) is 25.0 Å². The van der Waals surface area contributed by atoms with Crippen molar-refractivity contribution in [1.29, 1.82) is 0 Å². The van der Waals surface area contributed by atoms with Crippen molar-refractivity contribution in [2.75, 3.05) is 23.0 Å². The number of benzene rings is 3. The van der Waals surface area contributed by atoms with Gasteiger partial charge in [0, 0.05) is 47.9 Å². The molecular weight excluding hydrogens is 602 g/mol. The molecule has 2 N–H and O–H groups in total. The number of carbonyl (C=O) groups is 2. The molecule has 3 aromatic carbocycles. The third-order valence-corrected chi connectivity index (χ3v) is 9.28. The zero-order chi connectivity index (χ0) is 32.3. The summed E-state index contributed by atoms with van der Waals surface area (Å²) in [5.41, 5.74) is 2.73. The number of fused-ring (bicyclic) bond motifs is 1. The van der Waals surface area contributed by atoms with Gasteiger partial charge in [-0.3, -0.25) is 14.3 Å². The predicted octanol–water partition coefficient (Wildman–Crippen LogP) is 5.59. The highest BCUT2D eigenvalue weighted by Crippen LogP contribution is 2.46. The number of aliphatic hydroxyl groups is 2. The molecule has 9 nitrogen and oxygen atoms in total. The molecule has 2 aliphatic rings. The molecule has 6 rings (SSSR count). The molecule has 0 spiro atoms. The van der Waals surface area contributed by atoms with Crippen LogP contribution in [0.2, 0.25) is 5.02 Å². The van der Waals surface area contributed by atoms with E-state index in [2.05, 4.69) is 10.3 Å². The predicted molar refractivity (Wildman–Crippen MR) is 177 cm³/mol. The van der Waals surface area contributed by atoms with Crippen molar-refractivity contribution < 1.29 is 19.8 Å². The van der Waals surface area contributed by atoms with Crippen molar-refractivity contribution in [3.8, 4) is 0 Å². The molecule has 4 aromatic rings. The fourth-order valence-corrected chi connectivity index (χ4v) is 6.57. The van der Waals surface area contributed by atoms with Gasteiger partial charge in [-0.1, -0.05) is 78.4 Å². The molecule has 10 heteroatoms. The summed E-state index contributed by atoms with van der Waals surface area (Å²) in [6.45, 7) is 3.29. The number of amides is 2. The highest BCUT2D eigenvalue weighted by atomic mass is 35.5. The number of nitrogens with zero attached hydrogens (tertiary/aromatic N) is 5. The molecule has 46 heavy (non-hydrogen) atoms. The van der Waals surface area contributed by atoms with Crippen LogP contribution >= 0.6 is 11.6 Å². The average Bonchev–Trinajstić information content (AvgIpc) is 3.62. The smallest absolute Gasteiger partial charge is 0.264 e. The molecule has 0 aliphatic carbocycles. The number of rotatable bonds is 11. The Morgan fingerprint density at radius 1 is 1.04 bits per heavy atom. The number of halogens is 1. The summed E-state index contributed by atoms with van der Waals surface area (Å²) in [6, 6.07) is 22.6. The van der Waals surface area contributed by atoms with Gasteiger partial charge >= 0.3 is 0 Å². The van der Waals surface area contributed by atoms with Crippen molar-refractivity contribution in [3.05, 3.63) is 119 Å². The lowest BCUT2D eigenvalue weighted by molar-refractivity contribution is -0.139. The van der Waals surface area contributed by atoms with E-state index in [1.807, 2.05) is 84.8 Å². The molecular formula is C36H38ClN5O4. The van der Waals surface area contributed by atoms with Gasteiger partial charge in [-0.05, 0) is 60.7 Å². The summed E-state index contributed by atoms with van der Waals surface area (Å²) < 4.78 is 1.73. The zero-order valence-corrected chi connectivity index (χ0v) is 26.6. The topological polar surface area (TPSA) is 112 Å². The van der Waals surface area contributed by atoms with Crippen molar-refractivity contribution >= 4 is 34.8 Å². The minimum absolute atomic E-state index is 0.0693. The van der Waals surface area contributed by atoms with E-state index in [4.69, 9.17) is 11.6 Å². The number of piperidine rings is 1. The third kappa shape index (κ3) is 6.23. The second kappa shape index (κ2) is 13.6. The number of aryl methyl sites for hydroxylation is 1. The molecule has 2 aliphatic heterocycles. The summed E-state index contributed by atoms with van der Waals surface area (Å²) in [4.78, 5) is 29.8. The van der Waals surface area contributed by atoms with Crippen LogP contribution in [0, 0.1) is 5.92 Å². The lowest BCUT2D eigenvalue weighted by Crippen LogP contribution is -2.44. The van der Waals surface area contributed by atoms with E-state index in [0.29, 0.717) is 47.9 Å². The second-order valence-corrected chi connectivity index (χ2v) is 12.5. The van der Waals surface area contributed by atoms with Gasteiger partial charge in [-0.25, -0.2) is 0 Å². The van der Waals surface area contributed by atoms with E-state index in [1.165, 1.54) is 0 Å². The summed E-state index contributed by atoms with van der Waals surface area (Å²) in [6.07, 6.45) is 8.71. The molecule has 3 heterocycles. The van der Waals surface area contributed by atoms with Gasteiger partial charge in [0.2, 0.25) is 5.91 Å². The maximum atomic E-state index is 14.0. The van der Waals surface area contributed by atoms with Crippen LogP contribution in [0.4, 0.5) is 11.4 Å². The number of aromatic nitrogens is 3. The van der Waals surface area contributed by atoms with Crippen LogP contribution in [-0.2, 0) is 28.3 Å². The molecule has 1 unspecified atom stereocenters. The van der Waals surface area contributed by atoms with Crippen LogP contribution in [0.15, 0.2) is 91.1 Å². The van der Waals surface area contributed by atoms with Gasteiger partial charge in [0.1, 0.15) is 0 Å². The Hall–Kier alpha value is -4.31. The Balaban J connectivity index is 1.14. The molecule has 0 bridgehead atoms. The molecule has 0 saturated carbocycles. The molecule has 1 aromatic heterocycles. The summed E-state index contributed by atoms with van der Waals surface area (Å²) in [7, 11) is 0. The number of anilines is 2. The minimum Gasteiger partial charge on any atom is -0.395 e. The fourth-order valence-electron chi connectivity index (χ4n) is 6.40. The van der Waals surface area contributed by atoms with Gasteiger partial charge < -0.3 is 20.0 Å². The van der Waals surface area contributed by atoms with Crippen LogP contribution < -0.4 is 9.80 Å². The van der Waals surface area contributed by atoms with Crippen LogP contribution in [0.25, 0.3) is 0 Å². The summed E-state index contributed by atoms with van der Waals surface area (Å²) in [5.74, 6) is -1.07. The van der Waals surface area contributed by atoms with Gasteiger partial charge in [-0.2, -0.15) is 0 Å². The van der Waals surface area contributed by atoms with Gasteiger partial charge in [0.25, 0.3) is 5.91 Å². The van der Waals surface area contributed by atoms with Crippen LogP contribution in [0.1, 0.15) is 60.9 Å². The van der Waals surface area contributed by atoms with E-state index in [9.17, 15) is 19.8 Å². The van der Waals surface area contributed by atoms with E-state index in [0.717, 1.165) is 29.7 Å². The highest BCUT2D eigenvalue weighted by molar-refractivity contribution is 6.31. The molecule has 238 valence electrons. The highest BCUT2D eigenvalue weighted by Gasteiger charge is 2.52. The first-order chi connectivity index (χ1) is 22.3. The zero-order valence-electron chi connectivity index (χ0n) is 25.8. The number of hydrogen-bond donors (Lipinski definition) is 2. The van der Waals surface area contributed by atoms with Crippen molar-refractivity contribution in [3.63, 3.8) is 0 Å². The maximum absolute atomic E-state index is 14.0. The largest absolute Gasteiger partial charge is 0.395 e. The molecule has 1 fully saturated rings. The van der Waals surface area contributed by atoms with Gasteiger partial charge in [0.05, 0.1) is 30.5 Å². The van der Waals surface area contributed by atoms with Crippen molar-refractivity contribution in [1.82, 2.24) is 15.0 Å². The standard InChI is InChI=1S/C36H38ClN5O4/c1-25(9-5-7-19-40-23-32(38-39-40)30(24-43)27-10-3-2-4-11-27)36(46)31-21-28(37)15-18-33(31)42(35(36)45)22-26-13-16-29(17-14-26)41-20-8-6-12-34(41)44/h2-5,9-11,13-18,21,23,25,30,43,46H,6-8,12,19-20,22,24H2,1H3/b9-5+/t25-,30?,36+/m0/s1. The van der Waals surface area contributed by atoms with Crippen LogP contribution in [0.3, 0.4) is 0 Å².